The molecule has 0 radical (unpaired) electrons. The van der Waals surface area contributed by atoms with Crippen LogP contribution in [0.4, 0.5) is 5.82 Å². The topological polar surface area (TPSA) is 97.8 Å². The number of nitrogens with zero attached hydrogens (tertiary/aromatic N) is 1. The monoisotopic (exact) mass is 140 g/mol. The van der Waals surface area contributed by atoms with Gasteiger partial charge in [-0.15, -0.1) is 0 Å². The largest absolute Gasteiger partial charge is 0.382 e. The SMILES string of the molecule is NC(=O)Cc1cc(N)n[nH]1. The molecule has 0 atom stereocenters. The minimum atomic E-state index is -0.399. The predicted molar refractivity (Wildman–Crippen MR) is 35.9 cm³/mol. The van der Waals surface area contributed by atoms with Gasteiger partial charge in [-0.3, -0.25) is 9.89 Å². The van der Waals surface area contributed by atoms with Crippen molar-refractivity contribution in [2.45, 2.75) is 6.42 Å². The van der Waals surface area contributed by atoms with Crippen LogP contribution in [0, 0.1) is 0 Å². The van der Waals surface area contributed by atoms with E-state index in [4.69, 9.17) is 11.5 Å². The molecule has 5 nitrogen and oxygen atoms in total. The first-order valence-electron chi connectivity index (χ1n) is 2.76. The highest BCUT2D eigenvalue weighted by molar-refractivity contribution is 5.76. The molecule has 0 spiro atoms. The molecular formula is C5H8N4O. The number of aromatic nitrogens is 2. The minimum absolute atomic E-state index is 0.157. The molecule has 0 saturated carbocycles. The average molecular weight is 140 g/mol. The molecule has 0 bridgehead atoms. The van der Waals surface area contributed by atoms with Gasteiger partial charge in [0.05, 0.1) is 6.42 Å². The average Bonchev–Trinajstić information content (AvgIpc) is 2.13. The molecule has 0 aliphatic heterocycles. The Hall–Kier alpha value is -1.52. The van der Waals surface area contributed by atoms with Crippen molar-refractivity contribution >= 4 is 11.7 Å². The summed E-state index contributed by atoms with van der Waals surface area (Å²) in [7, 11) is 0. The number of nitrogens with two attached hydrogens (primary N) is 2. The predicted octanol–water partition coefficient (Wildman–Crippen LogP) is -0.980. The number of hydrogen-bond donors (Lipinski definition) is 3. The Labute approximate surface area is 57.4 Å². The summed E-state index contributed by atoms with van der Waals surface area (Å²) in [6.45, 7) is 0. The number of carbonyl (C=O) groups excluding carboxylic acids is 1. The lowest BCUT2D eigenvalue weighted by Gasteiger charge is -1.86. The Morgan fingerprint density at radius 3 is 2.90 bits per heavy atom. The Bertz CT molecular complexity index is 242. The summed E-state index contributed by atoms with van der Waals surface area (Å²) >= 11 is 0. The highest BCUT2D eigenvalue weighted by atomic mass is 16.1. The zero-order chi connectivity index (χ0) is 7.56. The van der Waals surface area contributed by atoms with E-state index in [1.807, 2.05) is 0 Å². The highest BCUT2D eigenvalue weighted by Gasteiger charge is 2.00. The molecule has 0 unspecified atom stereocenters. The molecule has 1 amide bonds. The number of H-pyrrole nitrogens is 1. The fourth-order valence-corrected chi connectivity index (χ4v) is 0.658. The lowest BCUT2D eigenvalue weighted by atomic mass is 10.3. The summed E-state index contributed by atoms with van der Waals surface area (Å²) in [5.41, 5.74) is 10.8. The van der Waals surface area contributed by atoms with Gasteiger partial charge in [-0.2, -0.15) is 5.10 Å². The molecule has 0 aliphatic carbocycles. The van der Waals surface area contributed by atoms with Gasteiger partial charge in [0.15, 0.2) is 0 Å². The van der Waals surface area contributed by atoms with Crippen LogP contribution in [0.2, 0.25) is 0 Å². The van der Waals surface area contributed by atoms with E-state index in [2.05, 4.69) is 10.2 Å². The summed E-state index contributed by atoms with van der Waals surface area (Å²) in [6.07, 6.45) is 0.157. The number of anilines is 1. The van der Waals surface area contributed by atoms with Gasteiger partial charge in [-0.05, 0) is 0 Å². The maximum atomic E-state index is 10.3. The number of rotatable bonds is 2. The maximum Gasteiger partial charge on any atom is 0.223 e. The standard InChI is InChI=1S/C5H8N4O/c6-4-1-3(8-9-4)2-5(7)10/h1H,2H2,(H2,7,10)(H3,6,8,9). The van der Waals surface area contributed by atoms with Crippen molar-refractivity contribution in [3.05, 3.63) is 11.8 Å². The second kappa shape index (κ2) is 2.38. The first kappa shape index (κ1) is 6.60. The molecule has 0 aliphatic rings. The Morgan fingerprint density at radius 1 is 1.80 bits per heavy atom. The van der Waals surface area contributed by atoms with Crippen LogP contribution in [0.3, 0.4) is 0 Å². The van der Waals surface area contributed by atoms with E-state index < -0.39 is 5.91 Å². The van der Waals surface area contributed by atoms with Crippen molar-refractivity contribution in [2.24, 2.45) is 5.73 Å². The third-order valence-corrected chi connectivity index (χ3v) is 1.02. The summed E-state index contributed by atoms with van der Waals surface area (Å²) in [6, 6.07) is 1.57. The van der Waals surface area contributed by atoms with Gasteiger partial charge in [0, 0.05) is 11.8 Å². The second-order valence-electron chi connectivity index (χ2n) is 1.96. The molecule has 1 aromatic rings. The summed E-state index contributed by atoms with van der Waals surface area (Å²) < 4.78 is 0. The third-order valence-electron chi connectivity index (χ3n) is 1.02. The number of carbonyl (C=O) groups is 1. The number of hydrogen-bond acceptors (Lipinski definition) is 3. The Balaban J connectivity index is 2.67. The lowest BCUT2D eigenvalue weighted by molar-refractivity contribution is -0.117. The van der Waals surface area contributed by atoms with Crippen molar-refractivity contribution < 1.29 is 4.79 Å². The first-order chi connectivity index (χ1) is 4.68. The maximum absolute atomic E-state index is 10.3. The molecule has 1 heterocycles. The molecule has 1 rings (SSSR count). The van der Waals surface area contributed by atoms with E-state index in [1.165, 1.54) is 0 Å². The quantitative estimate of drug-likeness (QED) is 0.492. The number of nitrogens with one attached hydrogen (secondary N) is 1. The Morgan fingerprint density at radius 2 is 2.50 bits per heavy atom. The van der Waals surface area contributed by atoms with Crippen molar-refractivity contribution in [3.8, 4) is 0 Å². The van der Waals surface area contributed by atoms with Crippen LogP contribution in [0.15, 0.2) is 6.07 Å². The first-order valence-corrected chi connectivity index (χ1v) is 2.76. The minimum Gasteiger partial charge on any atom is -0.382 e. The molecule has 1 aromatic heterocycles. The number of nitrogen functional groups attached to an aromatic ring is 1. The molecule has 0 fully saturated rings. The third kappa shape index (κ3) is 1.48. The van der Waals surface area contributed by atoms with Gasteiger partial charge in [-0.1, -0.05) is 0 Å². The van der Waals surface area contributed by atoms with Gasteiger partial charge in [0.25, 0.3) is 0 Å². The van der Waals surface area contributed by atoms with Crippen molar-refractivity contribution in [2.75, 3.05) is 5.73 Å². The van der Waals surface area contributed by atoms with Crippen LogP contribution < -0.4 is 11.5 Å². The van der Waals surface area contributed by atoms with Crippen LogP contribution in [0.25, 0.3) is 0 Å². The zero-order valence-corrected chi connectivity index (χ0v) is 5.29. The second-order valence-corrected chi connectivity index (χ2v) is 1.96. The van der Waals surface area contributed by atoms with E-state index in [0.717, 1.165) is 0 Å². The van der Waals surface area contributed by atoms with E-state index in [9.17, 15) is 4.79 Å². The van der Waals surface area contributed by atoms with Crippen LogP contribution in [-0.4, -0.2) is 16.1 Å². The zero-order valence-electron chi connectivity index (χ0n) is 5.29. The lowest BCUT2D eigenvalue weighted by Crippen LogP contribution is -2.13. The summed E-state index contributed by atoms with van der Waals surface area (Å²) in [5.74, 6) is -0.0279. The molecule has 10 heavy (non-hydrogen) atoms. The molecule has 0 aromatic carbocycles. The van der Waals surface area contributed by atoms with Crippen molar-refractivity contribution in [3.63, 3.8) is 0 Å². The van der Waals surface area contributed by atoms with E-state index in [-0.39, 0.29) is 6.42 Å². The van der Waals surface area contributed by atoms with Crippen LogP contribution in [0.5, 0.6) is 0 Å². The van der Waals surface area contributed by atoms with Crippen LogP contribution in [0.1, 0.15) is 5.69 Å². The van der Waals surface area contributed by atoms with Gasteiger partial charge in [0.1, 0.15) is 5.82 Å². The number of aromatic amines is 1. The van der Waals surface area contributed by atoms with Gasteiger partial charge < -0.3 is 11.5 Å². The fourth-order valence-electron chi connectivity index (χ4n) is 0.658. The molecule has 54 valence electrons. The fraction of sp³-hybridized carbons (Fsp3) is 0.200. The van der Waals surface area contributed by atoms with Crippen molar-refractivity contribution in [1.29, 1.82) is 0 Å². The molecular weight excluding hydrogens is 132 g/mol. The smallest absolute Gasteiger partial charge is 0.223 e. The van der Waals surface area contributed by atoms with Gasteiger partial charge in [0.2, 0.25) is 5.91 Å². The van der Waals surface area contributed by atoms with E-state index in [1.54, 1.807) is 6.07 Å². The number of amides is 1. The normalized spacial score (nSPS) is 9.60. The van der Waals surface area contributed by atoms with Crippen molar-refractivity contribution in [1.82, 2.24) is 10.2 Å². The summed E-state index contributed by atoms with van der Waals surface area (Å²) in [4.78, 5) is 10.3. The Kier molecular flexibility index (Phi) is 1.57. The van der Waals surface area contributed by atoms with Crippen LogP contribution in [-0.2, 0) is 11.2 Å². The molecule has 5 heteroatoms. The van der Waals surface area contributed by atoms with Gasteiger partial charge in [-0.25, -0.2) is 0 Å². The molecule has 0 saturated heterocycles. The molecule has 5 N–H and O–H groups in total. The van der Waals surface area contributed by atoms with Crippen LogP contribution >= 0.6 is 0 Å². The number of primary amides is 1. The highest BCUT2D eigenvalue weighted by Crippen LogP contribution is 1.99. The van der Waals surface area contributed by atoms with E-state index in [0.29, 0.717) is 11.5 Å². The van der Waals surface area contributed by atoms with Gasteiger partial charge >= 0.3 is 0 Å². The van der Waals surface area contributed by atoms with E-state index >= 15 is 0 Å². The summed E-state index contributed by atoms with van der Waals surface area (Å²) in [5, 5.41) is 6.18.